The zero-order valence-corrected chi connectivity index (χ0v) is 8.95. The molecule has 0 unspecified atom stereocenters. The Morgan fingerprint density at radius 2 is 1.75 bits per heavy atom. The van der Waals surface area contributed by atoms with E-state index in [9.17, 15) is 13.2 Å². The fourth-order valence-electron chi connectivity index (χ4n) is 0.733. The SMILES string of the molecule is CSS[C@H](CC(F)(F)F)C(C)C. The van der Waals surface area contributed by atoms with Crippen molar-refractivity contribution in [2.24, 2.45) is 5.92 Å². The third-order valence-electron chi connectivity index (χ3n) is 1.40. The summed E-state index contributed by atoms with van der Waals surface area (Å²) in [7, 11) is 2.70. The maximum atomic E-state index is 12.0. The van der Waals surface area contributed by atoms with E-state index in [-0.39, 0.29) is 11.2 Å². The number of alkyl halides is 3. The monoisotopic (exact) mass is 218 g/mol. The Morgan fingerprint density at radius 1 is 1.25 bits per heavy atom. The Kier molecular flexibility index (Phi) is 5.48. The van der Waals surface area contributed by atoms with Gasteiger partial charge in [-0.15, -0.1) is 0 Å². The van der Waals surface area contributed by atoms with Gasteiger partial charge in [-0.05, 0) is 12.2 Å². The zero-order chi connectivity index (χ0) is 9.78. The maximum absolute atomic E-state index is 12.0. The third kappa shape index (κ3) is 6.06. The van der Waals surface area contributed by atoms with Crippen molar-refractivity contribution < 1.29 is 13.2 Å². The second-order valence-electron chi connectivity index (χ2n) is 2.86. The van der Waals surface area contributed by atoms with Gasteiger partial charge in [0.15, 0.2) is 0 Å². The highest BCUT2D eigenvalue weighted by Crippen LogP contribution is 2.36. The summed E-state index contributed by atoms with van der Waals surface area (Å²) in [5.74, 6) is 0.0732. The van der Waals surface area contributed by atoms with Crippen LogP contribution < -0.4 is 0 Å². The van der Waals surface area contributed by atoms with Gasteiger partial charge in [0, 0.05) is 5.25 Å². The molecule has 0 aliphatic rings. The van der Waals surface area contributed by atoms with Crippen LogP contribution in [0, 0.1) is 5.92 Å². The molecule has 0 amide bonds. The van der Waals surface area contributed by atoms with Crippen molar-refractivity contribution in [3.63, 3.8) is 0 Å². The molecule has 0 saturated heterocycles. The summed E-state index contributed by atoms with van der Waals surface area (Å²) in [6.45, 7) is 3.64. The van der Waals surface area contributed by atoms with Crippen molar-refractivity contribution in [2.45, 2.75) is 31.7 Å². The van der Waals surface area contributed by atoms with Crippen LogP contribution in [-0.4, -0.2) is 17.7 Å². The molecule has 0 saturated carbocycles. The van der Waals surface area contributed by atoms with Gasteiger partial charge in [0.2, 0.25) is 0 Å². The number of hydrogen-bond donors (Lipinski definition) is 0. The minimum Gasteiger partial charge on any atom is -0.171 e. The molecule has 74 valence electrons. The van der Waals surface area contributed by atoms with Gasteiger partial charge >= 0.3 is 6.18 Å². The van der Waals surface area contributed by atoms with E-state index in [1.165, 1.54) is 21.6 Å². The molecular formula is C7H13F3S2. The van der Waals surface area contributed by atoms with E-state index in [2.05, 4.69) is 0 Å². The van der Waals surface area contributed by atoms with Gasteiger partial charge in [0.25, 0.3) is 0 Å². The van der Waals surface area contributed by atoms with Crippen molar-refractivity contribution in [3.05, 3.63) is 0 Å². The molecule has 0 aliphatic carbocycles. The van der Waals surface area contributed by atoms with E-state index in [1.54, 1.807) is 6.26 Å². The molecule has 0 fully saturated rings. The van der Waals surface area contributed by atoms with E-state index in [4.69, 9.17) is 0 Å². The van der Waals surface area contributed by atoms with Gasteiger partial charge in [0.1, 0.15) is 0 Å². The van der Waals surface area contributed by atoms with Crippen LogP contribution in [-0.2, 0) is 0 Å². The third-order valence-corrected chi connectivity index (χ3v) is 3.87. The van der Waals surface area contributed by atoms with Crippen molar-refractivity contribution in [2.75, 3.05) is 6.26 Å². The van der Waals surface area contributed by atoms with Crippen molar-refractivity contribution >= 4 is 21.6 Å². The highest BCUT2D eigenvalue weighted by molar-refractivity contribution is 8.76. The molecule has 5 heteroatoms. The zero-order valence-electron chi connectivity index (χ0n) is 7.31. The molecule has 0 aromatic carbocycles. The molecule has 0 aliphatic heterocycles. The fraction of sp³-hybridized carbons (Fsp3) is 1.00. The van der Waals surface area contributed by atoms with Crippen LogP contribution in [0.25, 0.3) is 0 Å². The molecule has 1 atom stereocenters. The minimum absolute atomic E-state index is 0.0732. The molecule has 0 heterocycles. The van der Waals surface area contributed by atoms with Gasteiger partial charge in [-0.25, -0.2) is 0 Å². The van der Waals surface area contributed by atoms with Crippen LogP contribution >= 0.6 is 21.6 Å². The van der Waals surface area contributed by atoms with Gasteiger partial charge in [0.05, 0.1) is 6.42 Å². The molecule has 0 radical (unpaired) electrons. The second kappa shape index (κ2) is 5.27. The Labute approximate surface area is 79.1 Å². The van der Waals surface area contributed by atoms with Crippen LogP contribution in [0.1, 0.15) is 20.3 Å². The molecule has 0 aromatic heterocycles. The molecule has 0 N–H and O–H groups in total. The van der Waals surface area contributed by atoms with E-state index in [0.29, 0.717) is 0 Å². The Bertz CT molecular complexity index is 122. The standard InChI is InChI=1S/C7H13F3S2/c1-5(2)6(12-11-3)4-7(8,9)10/h5-6H,4H2,1-3H3/t6-/m1/s1. The first kappa shape index (κ1) is 12.5. The summed E-state index contributed by atoms with van der Waals surface area (Å²) in [6, 6.07) is 0. The lowest BCUT2D eigenvalue weighted by Crippen LogP contribution is -2.20. The lowest BCUT2D eigenvalue weighted by atomic mass is 10.1. The summed E-state index contributed by atoms with van der Waals surface area (Å²) in [6.07, 6.45) is -2.91. The van der Waals surface area contributed by atoms with Crippen molar-refractivity contribution in [3.8, 4) is 0 Å². The summed E-state index contributed by atoms with van der Waals surface area (Å²) >= 11 is 0. The van der Waals surface area contributed by atoms with Crippen LogP contribution in [0.3, 0.4) is 0 Å². The van der Waals surface area contributed by atoms with Crippen molar-refractivity contribution in [1.82, 2.24) is 0 Å². The van der Waals surface area contributed by atoms with Gasteiger partial charge in [-0.2, -0.15) is 13.2 Å². The quantitative estimate of drug-likeness (QED) is 0.655. The number of halogens is 3. The van der Waals surface area contributed by atoms with Crippen LogP contribution in [0.2, 0.25) is 0 Å². The molecule has 0 bridgehead atoms. The van der Waals surface area contributed by atoms with Crippen LogP contribution in [0.5, 0.6) is 0 Å². The first-order chi connectivity index (χ1) is 5.37. The van der Waals surface area contributed by atoms with E-state index >= 15 is 0 Å². The molecule has 0 spiro atoms. The Balaban J connectivity index is 3.95. The average molecular weight is 218 g/mol. The predicted molar refractivity (Wildman–Crippen MR) is 50.4 cm³/mol. The van der Waals surface area contributed by atoms with E-state index in [1.807, 2.05) is 13.8 Å². The topological polar surface area (TPSA) is 0 Å². The van der Waals surface area contributed by atoms with Crippen molar-refractivity contribution in [1.29, 1.82) is 0 Å². The lowest BCUT2D eigenvalue weighted by molar-refractivity contribution is -0.135. The van der Waals surface area contributed by atoms with E-state index < -0.39 is 12.6 Å². The van der Waals surface area contributed by atoms with Gasteiger partial charge in [-0.3, -0.25) is 0 Å². The summed E-state index contributed by atoms with van der Waals surface area (Å²) in [5.41, 5.74) is 0. The molecule has 0 nitrogen and oxygen atoms in total. The van der Waals surface area contributed by atoms with Gasteiger partial charge in [-0.1, -0.05) is 35.4 Å². The summed E-state index contributed by atoms with van der Waals surface area (Å²) in [5, 5.41) is -0.319. The lowest BCUT2D eigenvalue weighted by Gasteiger charge is -2.20. The highest BCUT2D eigenvalue weighted by Gasteiger charge is 2.33. The second-order valence-corrected chi connectivity index (χ2v) is 5.57. The Morgan fingerprint density at radius 3 is 2.00 bits per heavy atom. The largest absolute Gasteiger partial charge is 0.390 e. The van der Waals surface area contributed by atoms with Crippen LogP contribution in [0.4, 0.5) is 13.2 Å². The predicted octanol–water partition coefficient (Wildman–Crippen LogP) is 3.97. The van der Waals surface area contributed by atoms with E-state index in [0.717, 1.165) is 0 Å². The molecular weight excluding hydrogens is 205 g/mol. The fourth-order valence-corrected chi connectivity index (χ4v) is 3.07. The number of hydrogen-bond acceptors (Lipinski definition) is 2. The first-order valence-corrected chi connectivity index (χ1v) is 6.25. The Hall–Kier alpha value is 0.490. The minimum atomic E-state index is -4.03. The molecule has 0 aromatic rings. The molecule has 12 heavy (non-hydrogen) atoms. The van der Waals surface area contributed by atoms with Crippen LogP contribution in [0.15, 0.2) is 0 Å². The van der Waals surface area contributed by atoms with Gasteiger partial charge < -0.3 is 0 Å². The average Bonchev–Trinajstić information content (AvgIpc) is 1.83. The maximum Gasteiger partial charge on any atom is 0.390 e. The first-order valence-electron chi connectivity index (χ1n) is 3.63. The molecule has 0 rings (SSSR count). The normalized spacial score (nSPS) is 15.2. The highest BCUT2D eigenvalue weighted by atomic mass is 33.1. The summed E-state index contributed by atoms with van der Waals surface area (Å²) < 4.78 is 35.9. The number of rotatable bonds is 4. The smallest absolute Gasteiger partial charge is 0.171 e. The summed E-state index contributed by atoms with van der Waals surface area (Å²) in [4.78, 5) is 0.